The van der Waals surface area contributed by atoms with Gasteiger partial charge in [-0.1, -0.05) is 32.0 Å². The van der Waals surface area contributed by atoms with Crippen LogP contribution in [0.25, 0.3) is 0 Å². The lowest BCUT2D eigenvalue weighted by atomic mass is 9.89. The number of nitrogens with one attached hydrogen (secondary N) is 1. The van der Waals surface area contributed by atoms with Crippen LogP contribution in [0, 0.1) is 22.7 Å². The maximum Gasteiger partial charge on any atom is 0.157 e. The fraction of sp³-hybridized carbons (Fsp3) is 0.429. The number of carbonyl (C=O) groups excluding carboxylic acids is 1. The molecule has 2 atom stereocenters. The first kappa shape index (κ1) is 11.7. The molecule has 0 aliphatic heterocycles. The van der Waals surface area contributed by atoms with Crippen LogP contribution >= 0.6 is 0 Å². The Balaban J connectivity index is 2.18. The highest BCUT2D eigenvalue weighted by atomic mass is 16.1. The number of carbonyl (C=O) groups is 1. The van der Waals surface area contributed by atoms with Crippen molar-refractivity contribution in [2.24, 2.45) is 11.3 Å². The minimum absolute atomic E-state index is 0.0495. The number of anilines is 1. The summed E-state index contributed by atoms with van der Waals surface area (Å²) in [5.74, 6) is -0.487. The van der Waals surface area contributed by atoms with Crippen LogP contribution < -0.4 is 5.32 Å². The van der Waals surface area contributed by atoms with E-state index in [2.05, 4.69) is 11.4 Å². The van der Waals surface area contributed by atoms with E-state index in [-0.39, 0.29) is 11.8 Å². The highest BCUT2D eigenvalue weighted by molar-refractivity contribution is 5.92. The highest BCUT2D eigenvalue weighted by Gasteiger charge is 2.47. The molecule has 0 saturated heterocycles. The number of hydrogen-bond donors (Lipinski definition) is 1. The summed E-state index contributed by atoms with van der Waals surface area (Å²) in [6.07, 6.45) is 0.707. The Morgan fingerprint density at radius 1 is 1.35 bits per heavy atom. The van der Waals surface area contributed by atoms with Crippen LogP contribution in [0.4, 0.5) is 5.69 Å². The van der Waals surface area contributed by atoms with Gasteiger partial charge in [0.05, 0.1) is 6.07 Å². The summed E-state index contributed by atoms with van der Waals surface area (Å²) in [6.45, 7) is 3.82. The third kappa shape index (κ3) is 2.16. The fourth-order valence-corrected chi connectivity index (χ4v) is 2.40. The molecule has 0 aromatic heterocycles. The lowest BCUT2D eigenvalue weighted by Gasteiger charge is -2.17. The maximum absolute atomic E-state index is 12.0. The second kappa shape index (κ2) is 4.21. The summed E-state index contributed by atoms with van der Waals surface area (Å²) in [5.41, 5.74) is 0.565. The van der Waals surface area contributed by atoms with Gasteiger partial charge in [0.1, 0.15) is 5.92 Å². The zero-order chi connectivity index (χ0) is 12.5. The molecule has 88 valence electrons. The van der Waals surface area contributed by atoms with Crippen molar-refractivity contribution >= 4 is 11.5 Å². The molecule has 1 N–H and O–H groups in total. The largest absolute Gasteiger partial charge is 0.380 e. The van der Waals surface area contributed by atoms with Gasteiger partial charge < -0.3 is 5.32 Å². The number of para-hydroxylation sites is 1. The molecule has 1 aliphatic carbocycles. The highest BCUT2D eigenvalue weighted by Crippen LogP contribution is 2.38. The molecule has 0 spiro atoms. The van der Waals surface area contributed by atoms with Gasteiger partial charge in [0.15, 0.2) is 5.78 Å². The van der Waals surface area contributed by atoms with E-state index in [1.807, 2.05) is 44.2 Å². The van der Waals surface area contributed by atoms with Crippen molar-refractivity contribution in [3.8, 4) is 6.07 Å². The monoisotopic (exact) mass is 228 g/mol. The quantitative estimate of drug-likeness (QED) is 0.846. The molecule has 1 aliphatic rings. The molecule has 0 heterocycles. The van der Waals surface area contributed by atoms with Gasteiger partial charge in [-0.15, -0.1) is 0 Å². The van der Waals surface area contributed by atoms with Crippen LogP contribution in [0.2, 0.25) is 0 Å². The first-order valence-corrected chi connectivity index (χ1v) is 5.80. The summed E-state index contributed by atoms with van der Waals surface area (Å²) in [6, 6.07) is 11.8. The fourth-order valence-electron chi connectivity index (χ4n) is 2.40. The van der Waals surface area contributed by atoms with E-state index in [4.69, 9.17) is 5.26 Å². The van der Waals surface area contributed by atoms with Gasteiger partial charge in [-0.05, 0) is 18.6 Å². The molecule has 3 heteroatoms. The molecule has 1 saturated carbocycles. The lowest BCUT2D eigenvalue weighted by molar-refractivity contribution is -0.126. The van der Waals surface area contributed by atoms with Crippen LogP contribution in [0.3, 0.4) is 0 Å². The molecular formula is C14H16N2O. The second-order valence-electron chi connectivity index (χ2n) is 5.18. The zero-order valence-electron chi connectivity index (χ0n) is 10.1. The normalized spacial score (nSPS) is 26.5. The van der Waals surface area contributed by atoms with Gasteiger partial charge in [-0.2, -0.15) is 5.26 Å². The summed E-state index contributed by atoms with van der Waals surface area (Å²) < 4.78 is 0. The van der Waals surface area contributed by atoms with Crippen molar-refractivity contribution in [2.75, 3.05) is 5.32 Å². The van der Waals surface area contributed by atoms with Gasteiger partial charge in [-0.3, -0.25) is 4.79 Å². The molecule has 3 nitrogen and oxygen atoms in total. The van der Waals surface area contributed by atoms with Gasteiger partial charge >= 0.3 is 0 Å². The lowest BCUT2D eigenvalue weighted by Crippen LogP contribution is -2.26. The number of benzene rings is 1. The number of nitrogens with zero attached hydrogens (tertiary/aromatic N) is 1. The number of hydrogen-bond acceptors (Lipinski definition) is 3. The van der Waals surface area contributed by atoms with E-state index in [1.165, 1.54) is 0 Å². The van der Waals surface area contributed by atoms with Crippen LogP contribution in [0.15, 0.2) is 30.3 Å². The molecule has 17 heavy (non-hydrogen) atoms. The average Bonchev–Trinajstić information content (AvgIpc) is 2.51. The summed E-state index contributed by atoms with van der Waals surface area (Å²) in [5, 5.41) is 12.4. The molecule has 0 unspecified atom stereocenters. The van der Waals surface area contributed by atoms with Gasteiger partial charge in [0, 0.05) is 17.1 Å². The first-order valence-electron chi connectivity index (χ1n) is 5.80. The van der Waals surface area contributed by atoms with E-state index in [1.54, 1.807) is 0 Å². The Kier molecular flexibility index (Phi) is 2.89. The minimum atomic E-state index is -0.537. The van der Waals surface area contributed by atoms with E-state index < -0.39 is 11.3 Å². The van der Waals surface area contributed by atoms with Gasteiger partial charge in [0.25, 0.3) is 0 Å². The van der Waals surface area contributed by atoms with E-state index in [0.717, 1.165) is 5.69 Å². The van der Waals surface area contributed by atoms with Gasteiger partial charge in [-0.25, -0.2) is 0 Å². The zero-order valence-corrected chi connectivity index (χ0v) is 10.1. The molecule has 1 aromatic rings. The smallest absolute Gasteiger partial charge is 0.157 e. The van der Waals surface area contributed by atoms with Crippen molar-refractivity contribution in [1.82, 2.24) is 0 Å². The Morgan fingerprint density at radius 2 is 2.00 bits per heavy atom. The summed E-state index contributed by atoms with van der Waals surface area (Å²) >= 11 is 0. The van der Waals surface area contributed by atoms with Crippen molar-refractivity contribution in [1.29, 1.82) is 5.26 Å². The van der Waals surface area contributed by atoms with Crippen LogP contribution in [0.5, 0.6) is 0 Å². The number of rotatable bonds is 2. The Labute approximate surface area is 101 Å². The average molecular weight is 228 g/mol. The van der Waals surface area contributed by atoms with Gasteiger partial charge in [0.2, 0.25) is 0 Å². The first-order chi connectivity index (χ1) is 8.04. The van der Waals surface area contributed by atoms with Crippen LogP contribution in [-0.2, 0) is 4.79 Å². The second-order valence-corrected chi connectivity index (χ2v) is 5.18. The molecular weight excluding hydrogens is 212 g/mol. The standard InChI is InChI=1S/C14H16N2O/c1-14(2)8-12(11(9-15)13(14)17)16-10-6-4-3-5-7-10/h3-7,11-12,16H,8H2,1-2H3/t11-,12-/m1/s1. The predicted molar refractivity (Wildman–Crippen MR) is 66.4 cm³/mol. The number of Topliss-reactive ketones (excluding diaryl/α,β-unsaturated/α-hetero) is 1. The van der Waals surface area contributed by atoms with Crippen LogP contribution in [0.1, 0.15) is 20.3 Å². The molecule has 1 aromatic carbocycles. The molecule has 0 radical (unpaired) electrons. The number of nitriles is 1. The minimum Gasteiger partial charge on any atom is -0.380 e. The van der Waals surface area contributed by atoms with Crippen molar-refractivity contribution in [3.63, 3.8) is 0 Å². The third-order valence-corrected chi connectivity index (χ3v) is 3.35. The summed E-state index contributed by atoms with van der Waals surface area (Å²) in [7, 11) is 0. The van der Waals surface area contributed by atoms with E-state index in [0.29, 0.717) is 6.42 Å². The Morgan fingerprint density at radius 3 is 2.59 bits per heavy atom. The Bertz CT molecular complexity index is 459. The molecule has 1 fully saturated rings. The predicted octanol–water partition coefficient (Wildman–Crippen LogP) is 2.61. The molecule has 0 bridgehead atoms. The molecule has 2 rings (SSSR count). The molecule has 0 amide bonds. The SMILES string of the molecule is CC1(C)C[C@@H](Nc2ccccc2)[C@@H](C#N)C1=O. The van der Waals surface area contributed by atoms with E-state index in [9.17, 15) is 4.79 Å². The van der Waals surface area contributed by atoms with Crippen molar-refractivity contribution < 1.29 is 4.79 Å². The number of ketones is 1. The third-order valence-electron chi connectivity index (χ3n) is 3.35. The van der Waals surface area contributed by atoms with Crippen LogP contribution in [-0.4, -0.2) is 11.8 Å². The topological polar surface area (TPSA) is 52.9 Å². The van der Waals surface area contributed by atoms with Crippen molar-refractivity contribution in [3.05, 3.63) is 30.3 Å². The maximum atomic E-state index is 12.0. The summed E-state index contributed by atoms with van der Waals surface area (Å²) in [4.78, 5) is 12.0. The Hall–Kier alpha value is -1.82. The van der Waals surface area contributed by atoms with Crippen molar-refractivity contribution in [2.45, 2.75) is 26.3 Å². The van der Waals surface area contributed by atoms with E-state index >= 15 is 0 Å².